The monoisotopic (exact) mass is 238 g/mol. The highest BCUT2D eigenvalue weighted by molar-refractivity contribution is 5.62. The normalized spacial score (nSPS) is 10.8. The highest BCUT2D eigenvalue weighted by Gasteiger charge is 2.08. The van der Waals surface area contributed by atoms with Crippen molar-refractivity contribution in [3.05, 3.63) is 42.2 Å². The molecule has 1 aromatic heterocycles. The molecule has 1 N–H and O–H groups in total. The number of nitrogens with zero attached hydrogens (tertiary/aromatic N) is 2. The minimum Gasteiger partial charge on any atom is -0.396 e. The summed E-state index contributed by atoms with van der Waals surface area (Å²) in [5, 5.41) is 12.7. The molecule has 90 valence electrons. The fourth-order valence-corrected chi connectivity index (χ4v) is 1.58. The largest absolute Gasteiger partial charge is 0.396 e. The molecule has 0 saturated heterocycles. The first-order valence-corrected chi connectivity index (χ1v) is 5.29. The average molecular weight is 238 g/mol. The second-order valence-electron chi connectivity index (χ2n) is 3.69. The number of rotatable bonds is 4. The Morgan fingerprint density at radius 1 is 1.29 bits per heavy atom. The molecule has 1 heterocycles. The van der Waals surface area contributed by atoms with E-state index in [0.29, 0.717) is 18.5 Å². The van der Waals surface area contributed by atoms with E-state index in [9.17, 15) is 8.78 Å². The highest BCUT2D eigenvalue weighted by Crippen LogP contribution is 2.23. The average Bonchev–Trinajstić information content (AvgIpc) is 2.78. The Balaban J connectivity index is 2.27. The van der Waals surface area contributed by atoms with E-state index in [1.165, 1.54) is 6.20 Å². The Morgan fingerprint density at radius 3 is 2.88 bits per heavy atom. The molecule has 1 aromatic carbocycles. The Hall–Kier alpha value is -1.75. The summed E-state index contributed by atoms with van der Waals surface area (Å²) in [5.41, 5.74) is 0.722. The summed E-state index contributed by atoms with van der Waals surface area (Å²) in [5.74, 6) is -0.961. The maximum Gasteiger partial charge on any atom is 0.131 e. The van der Waals surface area contributed by atoms with Gasteiger partial charge in [-0.05, 0) is 24.6 Å². The molecule has 0 aliphatic heterocycles. The number of aromatic nitrogens is 2. The van der Waals surface area contributed by atoms with Crippen molar-refractivity contribution in [1.29, 1.82) is 0 Å². The first-order valence-electron chi connectivity index (χ1n) is 5.29. The molecule has 0 fully saturated rings. The molecule has 0 unspecified atom stereocenters. The van der Waals surface area contributed by atoms with Crippen molar-refractivity contribution in [2.45, 2.75) is 13.0 Å². The smallest absolute Gasteiger partial charge is 0.131 e. The zero-order chi connectivity index (χ0) is 12.3. The van der Waals surface area contributed by atoms with E-state index in [0.717, 1.165) is 18.2 Å². The van der Waals surface area contributed by atoms with E-state index in [-0.39, 0.29) is 12.2 Å². The predicted octanol–water partition coefficient (Wildman–Crippen LogP) is 2.21. The number of hydrogen-bond donors (Lipinski definition) is 1. The van der Waals surface area contributed by atoms with Crippen LogP contribution in [-0.2, 0) is 6.54 Å². The molecule has 0 spiro atoms. The van der Waals surface area contributed by atoms with Crippen LogP contribution < -0.4 is 0 Å². The minimum atomic E-state index is -0.482. The first kappa shape index (κ1) is 11.7. The molecule has 0 aliphatic carbocycles. The second-order valence-corrected chi connectivity index (χ2v) is 3.69. The van der Waals surface area contributed by atoms with Crippen LogP contribution in [0.3, 0.4) is 0 Å². The molecule has 0 bridgehead atoms. The number of aliphatic hydroxyl groups excluding tert-OH is 1. The lowest BCUT2D eigenvalue weighted by Gasteiger charge is -2.00. The fraction of sp³-hybridized carbons (Fsp3) is 0.250. The number of aliphatic hydroxyl groups is 1. The highest BCUT2D eigenvalue weighted by atomic mass is 19.1. The summed E-state index contributed by atoms with van der Waals surface area (Å²) in [6.07, 6.45) is 3.69. The zero-order valence-corrected chi connectivity index (χ0v) is 9.11. The van der Waals surface area contributed by atoms with E-state index in [1.807, 2.05) is 0 Å². The van der Waals surface area contributed by atoms with Crippen LogP contribution in [-0.4, -0.2) is 21.5 Å². The van der Waals surface area contributed by atoms with E-state index >= 15 is 0 Å². The van der Waals surface area contributed by atoms with Crippen LogP contribution in [0, 0.1) is 11.6 Å². The van der Waals surface area contributed by atoms with Crippen molar-refractivity contribution in [3.8, 4) is 11.1 Å². The molecule has 5 heteroatoms. The molecule has 0 aliphatic rings. The topological polar surface area (TPSA) is 38.0 Å². The molecule has 0 atom stereocenters. The van der Waals surface area contributed by atoms with Gasteiger partial charge in [0, 0.05) is 30.5 Å². The molecule has 2 aromatic rings. The summed E-state index contributed by atoms with van der Waals surface area (Å²) in [6, 6.07) is 3.31. The Labute approximate surface area is 97.3 Å². The number of hydrogen-bond acceptors (Lipinski definition) is 2. The molecule has 2 rings (SSSR count). The maximum atomic E-state index is 13.5. The molecular formula is C12H12F2N2O. The van der Waals surface area contributed by atoms with Gasteiger partial charge in [0.05, 0.1) is 6.20 Å². The van der Waals surface area contributed by atoms with Crippen LogP contribution in [0.1, 0.15) is 6.42 Å². The van der Waals surface area contributed by atoms with E-state index < -0.39 is 11.6 Å². The van der Waals surface area contributed by atoms with Gasteiger partial charge in [0.2, 0.25) is 0 Å². The first-order chi connectivity index (χ1) is 8.20. The van der Waals surface area contributed by atoms with Gasteiger partial charge >= 0.3 is 0 Å². The molecular weight excluding hydrogens is 226 g/mol. The molecule has 0 radical (unpaired) electrons. The van der Waals surface area contributed by atoms with Gasteiger partial charge in [0.1, 0.15) is 11.6 Å². The third kappa shape index (κ3) is 2.68. The van der Waals surface area contributed by atoms with Gasteiger partial charge in [-0.25, -0.2) is 8.78 Å². The lowest BCUT2D eigenvalue weighted by molar-refractivity contribution is 0.277. The quantitative estimate of drug-likeness (QED) is 0.886. The van der Waals surface area contributed by atoms with Gasteiger partial charge in [-0.2, -0.15) is 5.10 Å². The third-order valence-electron chi connectivity index (χ3n) is 2.42. The molecule has 17 heavy (non-hydrogen) atoms. The molecule has 3 nitrogen and oxygen atoms in total. The van der Waals surface area contributed by atoms with Gasteiger partial charge in [0.25, 0.3) is 0 Å². The lowest BCUT2D eigenvalue weighted by atomic mass is 10.1. The summed E-state index contributed by atoms with van der Waals surface area (Å²) < 4.78 is 28.1. The van der Waals surface area contributed by atoms with Gasteiger partial charge in [-0.3, -0.25) is 4.68 Å². The summed E-state index contributed by atoms with van der Waals surface area (Å²) >= 11 is 0. The number of aryl methyl sites for hydroxylation is 1. The fourth-order valence-electron chi connectivity index (χ4n) is 1.58. The summed E-state index contributed by atoms with van der Waals surface area (Å²) in [4.78, 5) is 0. The summed E-state index contributed by atoms with van der Waals surface area (Å²) in [6.45, 7) is 0.622. The zero-order valence-electron chi connectivity index (χ0n) is 9.11. The molecule has 0 amide bonds. The molecule has 0 saturated carbocycles. The lowest BCUT2D eigenvalue weighted by Crippen LogP contribution is -1.99. The van der Waals surface area contributed by atoms with Crippen LogP contribution in [0.5, 0.6) is 0 Å². The minimum absolute atomic E-state index is 0.0729. The van der Waals surface area contributed by atoms with E-state index in [1.54, 1.807) is 10.9 Å². The van der Waals surface area contributed by atoms with Crippen molar-refractivity contribution >= 4 is 0 Å². The van der Waals surface area contributed by atoms with Gasteiger partial charge in [-0.1, -0.05) is 0 Å². The maximum absolute atomic E-state index is 13.5. The number of halogens is 2. The summed E-state index contributed by atoms with van der Waals surface area (Å²) in [7, 11) is 0. The standard InChI is InChI=1S/C12H12F2N2O/c13-10-2-3-12(14)11(6-10)9-7-15-16(8-9)4-1-5-17/h2-3,6-8,17H,1,4-5H2. The SMILES string of the molecule is OCCCn1cc(-c2cc(F)ccc2F)cn1. The van der Waals surface area contributed by atoms with Crippen molar-refractivity contribution in [2.75, 3.05) is 6.61 Å². The van der Waals surface area contributed by atoms with Crippen LogP contribution in [0.2, 0.25) is 0 Å². The van der Waals surface area contributed by atoms with E-state index in [2.05, 4.69) is 5.10 Å². The van der Waals surface area contributed by atoms with Crippen molar-refractivity contribution in [2.24, 2.45) is 0 Å². The van der Waals surface area contributed by atoms with Crippen LogP contribution in [0.25, 0.3) is 11.1 Å². The van der Waals surface area contributed by atoms with Crippen molar-refractivity contribution in [3.63, 3.8) is 0 Å². The van der Waals surface area contributed by atoms with Crippen LogP contribution >= 0.6 is 0 Å². The van der Waals surface area contributed by atoms with Gasteiger partial charge in [-0.15, -0.1) is 0 Å². The second kappa shape index (κ2) is 5.05. The third-order valence-corrected chi connectivity index (χ3v) is 2.42. The van der Waals surface area contributed by atoms with Gasteiger partial charge in [0.15, 0.2) is 0 Å². The van der Waals surface area contributed by atoms with Crippen molar-refractivity contribution < 1.29 is 13.9 Å². The number of benzene rings is 1. The van der Waals surface area contributed by atoms with Gasteiger partial charge < -0.3 is 5.11 Å². The Bertz CT molecular complexity index is 511. The predicted molar refractivity (Wildman–Crippen MR) is 59.3 cm³/mol. The van der Waals surface area contributed by atoms with Crippen LogP contribution in [0.15, 0.2) is 30.6 Å². The van der Waals surface area contributed by atoms with E-state index in [4.69, 9.17) is 5.11 Å². The Kier molecular flexibility index (Phi) is 3.49. The van der Waals surface area contributed by atoms with Crippen LogP contribution in [0.4, 0.5) is 8.78 Å². The van der Waals surface area contributed by atoms with Crippen molar-refractivity contribution in [1.82, 2.24) is 9.78 Å². The Morgan fingerprint density at radius 2 is 2.12 bits per heavy atom.